The number of nitrogens with zero attached hydrogens (tertiary/aromatic N) is 3. The fraction of sp³-hybridized carbons (Fsp3) is 0.278. The molecular weight excluding hydrogens is 320 g/mol. The van der Waals surface area contributed by atoms with Crippen LogP contribution >= 0.6 is 11.3 Å². The molecule has 0 saturated heterocycles. The second-order valence-electron chi connectivity index (χ2n) is 6.15. The highest BCUT2D eigenvalue weighted by molar-refractivity contribution is 7.13. The second kappa shape index (κ2) is 6.30. The standard InChI is InChI=1S/C18H18N4OS/c1-12-7-13(9-19-8-12)10-22-5-4-15-14(11-22)18(23)21-17(20-15)16-3-2-6-24-16/h2-3,6-9H,4-5,10-11H2,1H3,(H,20,21,23). The number of hydrogen-bond acceptors (Lipinski definition) is 5. The van der Waals surface area contributed by atoms with E-state index in [0.717, 1.165) is 41.2 Å². The van der Waals surface area contributed by atoms with Gasteiger partial charge in [0.1, 0.15) is 0 Å². The molecular formula is C18H18N4OS. The number of aromatic amines is 1. The van der Waals surface area contributed by atoms with Gasteiger partial charge in [-0.1, -0.05) is 12.1 Å². The van der Waals surface area contributed by atoms with E-state index >= 15 is 0 Å². The smallest absolute Gasteiger partial charge is 0.255 e. The lowest BCUT2D eigenvalue weighted by Crippen LogP contribution is -2.35. The van der Waals surface area contributed by atoms with Crippen molar-refractivity contribution in [3.05, 3.63) is 68.7 Å². The van der Waals surface area contributed by atoms with E-state index in [0.29, 0.717) is 12.4 Å². The van der Waals surface area contributed by atoms with Gasteiger partial charge in [-0.25, -0.2) is 4.98 Å². The van der Waals surface area contributed by atoms with Gasteiger partial charge in [0.05, 0.1) is 16.1 Å². The molecule has 0 saturated carbocycles. The molecule has 24 heavy (non-hydrogen) atoms. The summed E-state index contributed by atoms with van der Waals surface area (Å²) < 4.78 is 0. The van der Waals surface area contributed by atoms with Crippen molar-refractivity contribution in [2.24, 2.45) is 0 Å². The van der Waals surface area contributed by atoms with Gasteiger partial charge in [-0.05, 0) is 29.5 Å². The monoisotopic (exact) mass is 338 g/mol. The Hall–Kier alpha value is -2.31. The molecule has 1 aliphatic heterocycles. The van der Waals surface area contributed by atoms with Gasteiger partial charge in [0.2, 0.25) is 0 Å². The van der Waals surface area contributed by atoms with Gasteiger partial charge in [0.15, 0.2) is 5.82 Å². The summed E-state index contributed by atoms with van der Waals surface area (Å²) in [6, 6.07) is 6.09. The summed E-state index contributed by atoms with van der Waals surface area (Å²) in [5, 5.41) is 1.99. The van der Waals surface area contributed by atoms with Crippen LogP contribution in [0, 0.1) is 6.92 Å². The van der Waals surface area contributed by atoms with Gasteiger partial charge in [-0.3, -0.25) is 14.7 Å². The molecule has 0 unspecified atom stereocenters. The predicted octanol–water partition coefficient (Wildman–Crippen LogP) is 2.76. The summed E-state index contributed by atoms with van der Waals surface area (Å²) in [5.41, 5.74) is 4.04. The van der Waals surface area contributed by atoms with Crippen molar-refractivity contribution in [2.45, 2.75) is 26.4 Å². The number of aromatic nitrogens is 3. The molecule has 6 heteroatoms. The number of fused-ring (bicyclic) bond motifs is 1. The van der Waals surface area contributed by atoms with Crippen molar-refractivity contribution in [3.8, 4) is 10.7 Å². The van der Waals surface area contributed by atoms with Crippen molar-refractivity contribution in [3.63, 3.8) is 0 Å². The van der Waals surface area contributed by atoms with Crippen LogP contribution in [-0.4, -0.2) is 26.4 Å². The molecule has 0 aromatic carbocycles. The number of thiophene rings is 1. The lowest BCUT2D eigenvalue weighted by atomic mass is 10.1. The fourth-order valence-electron chi connectivity index (χ4n) is 3.11. The first kappa shape index (κ1) is 15.2. The highest BCUT2D eigenvalue weighted by Crippen LogP contribution is 2.23. The zero-order valence-electron chi connectivity index (χ0n) is 13.5. The van der Waals surface area contributed by atoms with Gasteiger partial charge in [-0.2, -0.15) is 0 Å². The quantitative estimate of drug-likeness (QED) is 0.798. The zero-order chi connectivity index (χ0) is 16.5. The Morgan fingerprint density at radius 3 is 3.08 bits per heavy atom. The number of H-pyrrole nitrogens is 1. The summed E-state index contributed by atoms with van der Waals surface area (Å²) >= 11 is 1.59. The van der Waals surface area contributed by atoms with E-state index in [9.17, 15) is 4.79 Å². The van der Waals surface area contributed by atoms with Gasteiger partial charge in [-0.15, -0.1) is 11.3 Å². The summed E-state index contributed by atoms with van der Waals surface area (Å²) in [4.78, 5) is 27.7. The molecule has 0 radical (unpaired) electrons. The highest BCUT2D eigenvalue weighted by atomic mass is 32.1. The van der Waals surface area contributed by atoms with E-state index in [1.165, 1.54) is 5.56 Å². The average molecular weight is 338 g/mol. The summed E-state index contributed by atoms with van der Waals surface area (Å²) in [6.45, 7) is 4.39. The minimum Gasteiger partial charge on any atom is -0.306 e. The maximum Gasteiger partial charge on any atom is 0.255 e. The van der Waals surface area contributed by atoms with Crippen LogP contribution in [0.4, 0.5) is 0 Å². The minimum absolute atomic E-state index is 0.0181. The van der Waals surface area contributed by atoms with Crippen LogP contribution in [0.3, 0.4) is 0 Å². The van der Waals surface area contributed by atoms with Crippen molar-refractivity contribution in [1.29, 1.82) is 0 Å². The summed E-state index contributed by atoms with van der Waals surface area (Å²) in [7, 11) is 0. The molecule has 1 N–H and O–H groups in total. The van der Waals surface area contributed by atoms with Crippen LogP contribution < -0.4 is 5.56 Å². The molecule has 122 valence electrons. The van der Waals surface area contributed by atoms with Crippen LogP contribution in [-0.2, 0) is 19.5 Å². The molecule has 3 aromatic heterocycles. The van der Waals surface area contributed by atoms with E-state index in [4.69, 9.17) is 0 Å². The van der Waals surface area contributed by atoms with Crippen molar-refractivity contribution >= 4 is 11.3 Å². The van der Waals surface area contributed by atoms with E-state index in [1.54, 1.807) is 11.3 Å². The van der Waals surface area contributed by atoms with Gasteiger partial charge < -0.3 is 4.98 Å². The highest BCUT2D eigenvalue weighted by Gasteiger charge is 2.21. The SMILES string of the molecule is Cc1cncc(CN2CCc3nc(-c4cccs4)[nH]c(=O)c3C2)c1. The van der Waals surface area contributed by atoms with Crippen LogP contribution in [0.1, 0.15) is 22.4 Å². The van der Waals surface area contributed by atoms with Crippen LogP contribution in [0.15, 0.2) is 40.8 Å². The number of aryl methyl sites for hydroxylation is 1. The van der Waals surface area contributed by atoms with E-state index in [1.807, 2.05) is 36.8 Å². The average Bonchev–Trinajstić information content (AvgIpc) is 3.10. The topological polar surface area (TPSA) is 61.9 Å². The molecule has 0 aliphatic carbocycles. The molecule has 0 amide bonds. The van der Waals surface area contributed by atoms with E-state index < -0.39 is 0 Å². The normalized spacial score (nSPS) is 14.5. The Bertz CT molecular complexity index is 917. The molecule has 4 heterocycles. The largest absolute Gasteiger partial charge is 0.306 e. The van der Waals surface area contributed by atoms with E-state index in [2.05, 4.69) is 25.9 Å². The van der Waals surface area contributed by atoms with Crippen molar-refractivity contribution < 1.29 is 0 Å². The third kappa shape index (κ3) is 3.02. The number of rotatable bonds is 3. The fourth-order valence-corrected chi connectivity index (χ4v) is 3.78. The molecule has 0 fully saturated rings. The molecule has 0 atom stereocenters. The minimum atomic E-state index is -0.0181. The third-order valence-electron chi connectivity index (χ3n) is 4.24. The van der Waals surface area contributed by atoms with Gasteiger partial charge in [0.25, 0.3) is 5.56 Å². The first-order chi connectivity index (χ1) is 11.7. The lowest BCUT2D eigenvalue weighted by Gasteiger charge is -2.27. The van der Waals surface area contributed by atoms with Crippen LogP contribution in [0.2, 0.25) is 0 Å². The first-order valence-corrected chi connectivity index (χ1v) is 8.86. The Kier molecular flexibility index (Phi) is 4.00. The van der Waals surface area contributed by atoms with Crippen molar-refractivity contribution in [2.75, 3.05) is 6.54 Å². The molecule has 5 nitrogen and oxygen atoms in total. The maximum absolute atomic E-state index is 12.5. The Morgan fingerprint density at radius 2 is 2.29 bits per heavy atom. The molecule has 1 aliphatic rings. The number of pyridine rings is 1. The third-order valence-corrected chi connectivity index (χ3v) is 5.12. The molecule has 4 rings (SSSR count). The van der Waals surface area contributed by atoms with Gasteiger partial charge in [0, 0.05) is 38.4 Å². The second-order valence-corrected chi connectivity index (χ2v) is 7.10. The summed E-state index contributed by atoms with van der Waals surface area (Å²) in [5.74, 6) is 0.685. The van der Waals surface area contributed by atoms with Gasteiger partial charge >= 0.3 is 0 Å². The number of hydrogen-bond donors (Lipinski definition) is 1. The maximum atomic E-state index is 12.5. The van der Waals surface area contributed by atoms with Crippen LogP contribution in [0.5, 0.6) is 0 Å². The summed E-state index contributed by atoms with van der Waals surface area (Å²) in [6.07, 6.45) is 4.55. The van der Waals surface area contributed by atoms with Crippen molar-refractivity contribution in [1.82, 2.24) is 19.9 Å². The predicted molar refractivity (Wildman–Crippen MR) is 95.0 cm³/mol. The molecule has 3 aromatic rings. The van der Waals surface area contributed by atoms with Crippen LogP contribution in [0.25, 0.3) is 10.7 Å². The Morgan fingerprint density at radius 1 is 1.38 bits per heavy atom. The van der Waals surface area contributed by atoms with E-state index in [-0.39, 0.29) is 5.56 Å². The lowest BCUT2D eigenvalue weighted by molar-refractivity contribution is 0.241. The Balaban J connectivity index is 1.58. The first-order valence-electron chi connectivity index (χ1n) is 7.98. The zero-order valence-corrected chi connectivity index (χ0v) is 14.3. The molecule has 0 bridgehead atoms. The molecule has 0 spiro atoms. The number of nitrogens with one attached hydrogen (secondary N) is 1. The Labute approximate surface area is 144 Å².